The molecule has 1 aliphatic heterocycles. The molecule has 2 heterocycles. The molecule has 136 valence electrons. The Morgan fingerprint density at radius 2 is 2.21 bits per heavy atom. The largest absolute Gasteiger partial charge is 0.378 e. The molecule has 0 bridgehead atoms. The maximum atomic E-state index is 12.5. The number of hydrogen-bond donors (Lipinski definition) is 0. The summed E-state index contributed by atoms with van der Waals surface area (Å²) >= 11 is 1.67. The zero-order chi connectivity index (χ0) is 17.7. The number of morpholine rings is 1. The van der Waals surface area contributed by atoms with Gasteiger partial charge in [-0.15, -0.1) is 11.3 Å². The normalized spacial score (nSPS) is 19.4. The molecule has 1 aromatic rings. The minimum Gasteiger partial charge on any atom is -0.378 e. The van der Waals surface area contributed by atoms with E-state index < -0.39 is 16.1 Å². The van der Waals surface area contributed by atoms with Crippen LogP contribution in [0, 0.1) is 6.92 Å². The third-order valence-electron chi connectivity index (χ3n) is 4.02. The van der Waals surface area contributed by atoms with E-state index in [2.05, 4.69) is 0 Å². The molecule has 1 aliphatic rings. The lowest BCUT2D eigenvalue weighted by molar-refractivity contribution is -0.132. The molecule has 8 heteroatoms. The number of sulfonamides is 1. The molecule has 1 atom stereocenters. The van der Waals surface area contributed by atoms with Crippen molar-refractivity contribution in [1.82, 2.24) is 9.21 Å². The van der Waals surface area contributed by atoms with Crippen molar-refractivity contribution in [2.24, 2.45) is 0 Å². The topological polar surface area (TPSA) is 66.9 Å². The van der Waals surface area contributed by atoms with Crippen LogP contribution in [0.25, 0.3) is 0 Å². The van der Waals surface area contributed by atoms with Crippen molar-refractivity contribution in [1.29, 1.82) is 0 Å². The average Bonchev–Trinajstić information content (AvgIpc) is 2.92. The molecule has 0 aromatic carbocycles. The van der Waals surface area contributed by atoms with Crippen molar-refractivity contribution < 1.29 is 17.9 Å². The second-order valence-corrected chi connectivity index (χ2v) is 9.54. The molecular formula is C16H26N2O4S2. The summed E-state index contributed by atoms with van der Waals surface area (Å²) in [5.41, 5.74) is 0. The van der Waals surface area contributed by atoms with E-state index in [4.69, 9.17) is 4.74 Å². The van der Waals surface area contributed by atoms with E-state index in [1.165, 1.54) is 9.18 Å². The Bertz CT molecular complexity index is 657. The molecule has 1 aromatic heterocycles. The summed E-state index contributed by atoms with van der Waals surface area (Å²) in [6, 6.07) is 3.65. The summed E-state index contributed by atoms with van der Waals surface area (Å²) in [5.74, 6) is 0.0513. The SMILES string of the molecule is CCCS(=O)(=O)N1CCOC[C@@H]1CC(=O)N(C)Cc1ccc(C)s1. The van der Waals surface area contributed by atoms with Crippen LogP contribution in [0.2, 0.25) is 0 Å². The number of carbonyl (C=O) groups is 1. The van der Waals surface area contributed by atoms with Crippen molar-refractivity contribution in [3.63, 3.8) is 0 Å². The molecule has 24 heavy (non-hydrogen) atoms. The first-order chi connectivity index (χ1) is 11.3. The predicted molar refractivity (Wildman–Crippen MR) is 95.5 cm³/mol. The molecule has 0 saturated carbocycles. The molecule has 0 radical (unpaired) electrons. The van der Waals surface area contributed by atoms with Crippen molar-refractivity contribution in [3.8, 4) is 0 Å². The predicted octanol–water partition coefficient (Wildman–Crippen LogP) is 1.85. The molecule has 6 nitrogen and oxygen atoms in total. The lowest BCUT2D eigenvalue weighted by Crippen LogP contribution is -2.51. The van der Waals surface area contributed by atoms with Crippen molar-refractivity contribution in [2.45, 2.75) is 39.3 Å². The zero-order valence-electron chi connectivity index (χ0n) is 14.5. The standard InChI is InChI=1S/C16H26N2O4S2/c1-4-9-24(20,21)18-7-8-22-12-14(18)10-16(19)17(3)11-15-6-5-13(2)23-15/h5-6,14H,4,7-12H2,1-3H3/t14-/m0/s1. The maximum Gasteiger partial charge on any atom is 0.224 e. The van der Waals surface area contributed by atoms with E-state index in [9.17, 15) is 13.2 Å². The van der Waals surface area contributed by atoms with Crippen LogP contribution in [0.1, 0.15) is 29.5 Å². The summed E-state index contributed by atoms with van der Waals surface area (Å²) in [4.78, 5) is 16.5. The van der Waals surface area contributed by atoms with Crippen LogP contribution in [-0.4, -0.2) is 62.1 Å². The molecule has 1 saturated heterocycles. The average molecular weight is 375 g/mol. The molecule has 1 fully saturated rings. The number of ether oxygens (including phenoxy) is 1. The Kier molecular flexibility index (Phi) is 6.79. The first-order valence-electron chi connectivity index (χ1n) is 8.20. The minimum absolute atomic E-state index is 0.0618. The Balaban J connectivity index is 1.99. The lowest BCUT2D eigenvalue weighted by Gasteiger charge is -2.35. The molecule has 0 N–H and O–H groups in total. The van der Waals surface area contributed by atoms with E-state index in [-0.39, 0.29) is 24.7 Å². The highest BCUT2D eigenvalue weighted by molar-refractivity contribution is 7.89. The molecule has 1 amide bonds. The van der Waals surface area contributed by atoms with Crippen molar-refractivity contribution in [3.05, 3.63) is 21.9 Å². The Hall–Kier alpha value is -0.960. The van der Waals surface area contributed by atoms with Gasteiger partial charge in [0.1, 0.15) is 0 Å². The minimum atomic E-state index is -3.32. The second-order valence-electron chi connectivity index (χ2n) is 6.12. The molecule has 0 aliphatic carbocycles. The Morgan fingerprint density at radius 1 is 1.46 bits per heavy atom. The van der Waals surface area contributed by atoms with E-state index in [1.54, 1.807) is 23.3 Å². The summed E-state index contributed by atoms with van der Waals surface area (Å²) in [5, 5.41) is 0. The van der Waals surface area contributed by atoms with Gasteiger partial charge in [0.2, 0.25) is 15.9 Å². The Morgan fingerprint density at radius 3 is 2.83 bits per heavy atom. The molecular weight excluding hydrogens is 348 g/mol. The summed E-state index contributed by atoms with van der Waals surface area (Å²) in [6.45, 7) is 5.42. The number of thiophene rings is 1. The molecule has 2 rings (SSSR count). The van der Waals surface area contributed by atoms with E-state index in [1.807, 2.05) is 26.0 Å². The van der Waals surface area contributed by atoms with Crippen LogP contribution >= 0.6 is 11.3 Å². The van der Waals surface area contributed by atoms with E-state index >= 15 is 0 Å². The van der Waals surface area contributed by atoms with Gasteiger partial charge in [-0.25, -0.2) is 8.42 Å². The third kappa shape index (κ3) is 5.02. The highest BCUT2D eigenvalue weighted by Crippen LogP contribution is 2.20. The fraction of sp³-hybridized carbons (Fsp3) is 0.688. The quantitative estimate of drug-likeness (QED) is 0.730. The number of aryl methyl sites for hydroxylation is 1. The number of carbonyl (C=O) groups excluding carboxylic acids is 1. The van der Waals surface area contributed by atoms with Crippen molar-refractivity contribution in [2.75, 3.05) is 32.6 Å². The molecule has 0 unspecified atom stereocenters. The Labute approximate surface area is 148 Å². The third-order valence-corrected chi connectivity index (χ3v) is 7.12. The first kappa shape index (κ1) is 19.4. The fourth-order valence-electron chi connectivity index (χ4n) is 2.79. The lowest BCUT2D eigenvalue weighted by atomic mass is 10.2. The van der Waals surface area contributed by atoms with E-state index in [0.717, 1.165) is 4.88 Å². The van der Waals surface area contributed by atoms with Gasteiger partial charge in [0.25, 0.3) is 0 Å². The van der Waals surface area contributed by atoms with Crippen molar-refractivity contribution >= 4 is 27.3 Å². The summed E-state index contributed by atoms with van der Waals surface area (Å²) in [7, 11) is -1.57. The number of hydrogen-bond acceptors (Lipinski definition) is 5. The summed E-state index contributed by atoms with van der Waals surface area (Å²) < 4.78 is 31.6. The van der Waals surface area contributed by atoms with Gasteiger partial charge in [0.05, 0.1) is 31.6 Å². The van der Waals surface area contributed by atoms with Crippen LogP contribution in [0.15, 0.2) is 12.1 Å². The number of rotatable bonds is 7. The number of amides is 1. The maximum absolute atomic E-state index is 12.5. The van der Waals surface area contributed by atoms with Gasteiger partial charge in [0, 0.05) is 29.8 Å². The highest BCUT2D eigenvalue weighted by Gasteiger charge is 2.34. The van der Waals surface area contributed by atoms with Gasteiger partial charge in [-0.05, 0) is 25.5 Å². The monoisotopic (exact) mass is 374 g/mol. The molecule has 0 spiro atoms. The highest BCUT2D eigenvalue weighted by atomic mass is 32.2. The van der Waals surface area contributed by atoms with Gasteiger partial charge >= 0.3 is 0 Å². The van der Waals surface area contributed by atoms with Crippen LogP contribution in [-0.2, 0) is 26.1 Å². The van der Waals surface area contributed by atoms with Crippen LogP contribution in [0.5, 0.6) is 0 Å². The summed E-state index contributed by atoms with van der Waals surface area (Å²) in [6.07, 6.45) is 0.724. The van der Waals surface area contributed by atoms with Gasteiger partial charge in [-0.1, -0.05) is 6.92 Å². The van der Waals surface area contributed by atoms with Gasteiger partial charge in [-0.2, -0.15) is 4.31 Å². The zero-order valence-corrected chi connectivity index (χ0v) is 16.2. The van der Waals surface area contributed by atoms with Gasteiger partial charge in [-0.3, -0.25) is 4.79 Å². The van der Waals surface area contributed by atoms with E-state index in [0.29, 0.717) is 26.1 Å². The van der Waals surface area contributed by atoms with Crippen LogP contribution in [0.4, 0.5) is 0 Å². The van der Waals surface area contributed by atoms with Gasteiger partial charge < -0.3 is 9.64 Å². The van der Waals surface area contributed by atoms with Gasteiger partial charge in [0.15, 0.2) is 0 Å². The fourth-order valence-corrected chi connectivity index (χ4v) is 5.43. The number of nitrogens with zero attached hydrogens (tertiary/aromatic N) is 2. The van der Waals surface area contributed by atoms with Crippen LogP contribution < -0.4 is 0 Å². The van der Waals surface area contributed by atoms with Crippen LogP contribution in [0.3, 0.4) is 0 Å². The second kappa shape index (κ2) is 8.42. The smallest absolute Gasteiger partial charge is 0.224 e. The first-order valence-corrected chi connectivity index (χ1v) is 10.6.